The van der Waals surface area contributed by atoms with Gasteiger partial charge in [0.25, 0.3) is 0 Å². The Balaban J connectivity index is 1.45. The molecule has 0 aliphatic rings. The Hall–Kier alpha value is -4.26. The zero-order chi connectivity index (χ0) is 23.0. The van der Waals surface area contributed by atoms with Gasteiger partial charge in [-0.25, -0.2) is 4.39 Å². The van der Waals surface area contributed by atoms with Gasteiger partial charge in [0, 0.05) is 18.3 Å². The van der Waals surface area contributed by atoms with Crippen LogP contribution in [0.2, 0.25) is 0 Å². The van der Waals surface area contributed by atoms with E-state index in [9.17, 15) is 14.0 Å². The van der Waals surface area contributed by atoms with E-state index in [-0.39, 0.29) is 24.1 Å². The van der Waals surface area contributed by atoms with Crippen molar-refractivity contribution in [1.29, 1.82) is 0 Å². The van der Waals surface area contributed by atoms with Gasteiger partial charge >= 0.3 is 0 Å². The van der Waals surface area contributed by atoms with Crippen molar-refractivity contribution >= 4 is 17.5 Å². The zero-order valence-electron chi connectivity index (χ0n) is 17.8. The summed E-state index contributed by atoms with van der Waals surface area (Å²) in [6.45, 7) is 0. The Morgan fingerprint density at radius 1 is 0.879 bits per heavy atom. The fraction of sp³-hybridized carbons (Fsp3) is 0.115. The number of hydrogen-bond donors (Lipinski definition) is 3. The van der Waals surface area contributed by atoms with Crippen LogP contribution in [0.25, 0.3) is 11.3 Å². The van der Waals surface area contributed by atoms with Crippen molar-refractivity contribution in [3.05, 3.63) is 108 Å². The topological polar surface area (TPSA) is 86.9 Å². The number of halogens is 1. The van der Waals surface area contributed by atoms with E-state index < -0.39 is 6.04 Å². The molecular formula is C26H23FN4O2. The maximum absolute atomic E-state index is 13.1. The molecule has 166 valence electrons. The molecule has 0 saturated carbocycles. The molecule has 0 bridgehead atoms. The smallest absolute Gasteiger partial charge is 0.247 e. The van der Waals surface area contributed by atoms with Crippen LogP contribution < -0.4 is 10.6 Å². The highest BCUT2D eigenvalue weighted by Gasteiger charge is 2.21. The summed E-state index contributed by atoms with van der Waals surface area (Å²) in [5.41, 5.74) is 4.03. The van der Waals surface area contributed by atoms with Crippen molar-refractivity contribution in [2.24, 2.45) is 0 Å². The zero-order valence-corrected chi connectivity index (χ0v) is 17.8. The lowest BCUT2D eigenvalue weighted by atomic mass is 10.0. The Morgan fingerprint density at radius 2 is 1.61 bits per heavy atom. The number of anilines is 1. The van der Waals surface area contributed by atoms with Crippen LogP contribution in [-0.2, 0) is 22.4 Å². The average Bonchev–Trinajstić information content (AvgIpc) is 3.36. The first-order chi connectivity index (χ1) is 16.1. The molecular weight excluding hydrogens is 419 g/mol. The summed E-state index contributed by atoms with van der Waals surface area (Å²) < 4.78 is 13.1. The van der Waals surface area contributed by atoms with Gasteiger partial charge in [-0.15, -0.1) is 0 Å². The van der Waals surface area contributed by atoms with Crippen LogP contribution in [0.1, 0.15) is 11.1 Å². The number of aromatic amines is 1. The van der Waals surface area contributed by atoms with Gasteiger partial charge in [0.1, 0.15) is 11.9 Å². The lowest BCUT2D eigenvalue weighted by Crippen LogP contribution is -2.45. The van der Waals surface area contributed by atoms with E-state index in [1.54, 1.807) is 30.5 Å². The number of nitrogens with one attached hydrogen (secondary N) is 3. The van der Waals surface area contributed by atoms with Crippen molar-refractivity contribution < 1.29 is 14.0 Å². The summed E-state index contributed by atoms with van der Waals surface area (Å²) in [5, 5.41) is 12.5. The lowest BCUT2D eigenvalue weighted by Gasteiger charge is -2.19. The fourth-order valence-corrected chi connectivity index (χ4v) is 3.47. The second kappa shape index (κ2) is 10.4. The molecule has 0 radical (unpaired) electrons. The number of benzene rings is 3. The highest BCUT2D eigenvalue weighted by atomic mass is 19.1. The molecule has 1 atom stereocenters. The number of aromatic nitrogens is 2. The highest BCUT2D eigenvalue weighted by Crippen LogP contribution is 2.19. The summed E-state index contributed by atoms with van der Waals surface area (Å²) in [6, 6.07) is 23.7. The van der Waals surface area contributed by atoms with Gasteiger partial charge in [-0.3, -0.25) is 14.7 Å². The van der Waals surface area contributed by atoms with Crippen LogP contribution in [0.3, 0.4) is 0 Å². The van der Waals surface area contributed by atoms with Gasteiger partial charge in [-0.2, -0.15) is 5.10 Å². The molecule has 1 heterocycles. The van der Waals surface area contributed by atoms with Crippen molar-refractivity contribution in [3.63, 3.8) is 0 Å². The largest absolute Gasteiger partial charge is 0.344 e. The van der Waals surface area contributed by atoms with Gasteiger partial charge in [0.2, 0.25) is 11.8 Å². The van der Waals surface area contributed by atoms with E-state index >= 15 is 0 Å². The highest BCUT2D eigenvalue weighted by molar-refractivity contribution is 5.97. The monoisotopic (exact) mass is 442 g/mol. The molecule has 0 aliphatic carbocycles. The molecule has 0 saturated heterocycles. The summed E-state index contributed by atoms with van der Waals surface area (Å²) in [6.07, 6.45) is 2.07. The molecule has 0 aliphatic heterocycles. The van der Waals surface area contributed by atoms with Crippen LogP contribution in [0.5, 0.6) is 0 Å². The third-order valence-electron chi connectivity index (χ3n) is 5.18. The number of hydrogen-bond acceptors (Lipinski definition) is 3. The SMILES string of the molecule is O=C(Cc1ccc(F)cc1)NC(Cc1ccccc1)C(=O)Nc1ccc(-c2ccn[nH]2)cc1. The quantitative estimate of drug-likeness (QED) is 0.384. The fourth-order valence-electron chi connectivity index (χ4n) is 3.47. The van der Waals surface area contributed by atoms with Crippen LogP contribution >= 0.6 is 0 Å². The Bertz CT molecular complexity index is 1190. The van der Waals surface area contributed by atoms with E-state index in [1.165, 1.54) is 12.1 Å². The third kappa shape index (κ3) is 6.13. The minimum absolute atomic E-state index is 0.0533. The van der Waals surface area contributed by atoms with Crippen LogP contribution in [0, 0.1) is 5.82 Å². The van der Waals surface area contributed by atoms with Crippen molar-refractivity contribution in [2.75, 3.05) is 5.32 Å². The van der Waals surface area contributed by atoms with Crippen molar-refractivity contribution in [1.82, 2.24) is 15.5 Å². The maximum atomic E-state index is 13.1. The summed E-state index contributed by atoms with van der Waals surface area (Å²) in [7, 11) is 0. The summed E-state index contributed by atoms with van der Waals surface area (Å²) in [4.78, 5) is 25.7. The molecule has 3 N–H and O–H groups in total. The van der Waals surface area contributed by atoms with Crippen molar-refractivity contribution in [2.45, 2.75) is 18.9 Å². The van der Waals surface area contributed by atoms with E-state index in [1.807, 2.05) is 48.5 Å². The number of carbonyl (C=O) groups excluding carboxylic acids is 2. The lowest BCUT2D eigenvalue weighted by molar-refractivity contribution is -0.126. The second-order valence-corrected chi connectivity index (χ2v) is 7.65. The molecule has 0 spiro atoms. The minimum Gasteiger partial charge on any atom is -0.344 e. The first kappa shape index (κ1) is 22.0. The minimum atomic E-state index is -0.771. The molecule has 4 rings (SSSR count). The summed E-state index contributed by atoms with van der Waals surface area (Å²) in [5.74, 6) is -0.994. The first-order valence-corrected chi connectivity index (χ1v) is 10.6. The molecule has 33 heavy (non-hydrogen) atoms. The molecule has 2 amide bonds. The van der Waals surface area contributed by atoms with Crippen molar-refractivity contribution in [3.8, 4) is 11.3 Å². The maximum Gasteiger partial charge on any atom is 0.247 e. The Morgan fingerprint density at radius 3 is 2.27 bits per heavy atom. The van der Waals surface area contributed by atoms with Crippen LogP contribution in [-0.4, -0.2) is 28.1 Å². The Labute approximate surface area is 190 Å². The number of amides is 2. The Kier molecular flexibility index (Phi) is 6.90. The molecule has 4 aromatic rings. The third-order valence-corrected chi connectivity index (χ3v) is 5.18. The molecule has 7 heteroatoms. The van der Waals surface area contributed by atoms with Crippen LogP contribution in [0.15, 0.2) is 91.1 Å². The molecule has 0 fully saturated rings. The first-order valence-electron chi connectivity index (χ1n) is 10.6. The average molecular weight is 442 g/mol. The normalized spacial score (nSPS) is 11.5. The molecule has 1 unspecified atom stereocenters. The standard InChI is InChI=1S/C26H23FN4O2/c27-21-10-6-19(7-11-21)17-25(32)30-24(16-18-4-2-1-3-5-18)26(33)29-22-12-8-20(9-13-22)23-14-15-28-31-23/h1-15,24H,16-17H2,(H,28,31)(H,29,33)(H,30,32). The van der Waals surface area contributed by atoms with E-state index in [0.717, 1.165) is 16.8 Å². The summed E-state index contributed by atoms with van der Waals surface area (Å²) >= 11 is 0. The van der Waals surface area contributed by atoms with Gasteiger partial charge in [-0.05, 0) is 47.0 Å². The molecule has 1 aromatic heterocycles. The van der Waals surface area contributed by atoms with E-state index in [4.69, 9.17) is 0 Å². The van der Waals surface area contributed by atoms with Gasteiger partial charge in [0.15, 0.2) is 0 Å². The number of carbonyl (C=O) groups is 2. The number of H-pyrrole nitrogens is 1. The number of rotatable bonds is 8. The van der Waals surface area contributed by atoms with E-state index in [0.29, 0.717) is 17.7 Å². The predicted molar refractivity (Wildman–Crippen MR) is 125 cm³/mol. The number of nitrogens with zero attached hydrogens (tertiary/aromatic N) is 1. The van der Waals surface area contributed by atoms with Gasteiger partial charge < -0.3 is 10.6 Å². The van der Waals surface area contributed by atoms with E-state index in [2.05, 4.69) is 20.8 Å². The van der Waals surface area contributed by atoms with Gasteiger partial charge in [-0.1, -0.05) is 54.6 Å². The molecule has 3 aromatic carbocycles. The molecule has 6 nitrogen and oxygen atoms in total. The van der Waals surface area contributed by atoms with Gasteiger partial charge in [0.05, 0.1) is 12.1 Å². The predicted octanol–water partition coefficient (Wildman–Crippen LogP) is 4.12. The second-order valence-electron chi connectivity index (χ2n) is 7.65. The van der Waals surface area contributed by atoms with Crippen LogP contribution in [0.4, 0.5) is 10.1 Å².